The van der Waals surface area contributed by atoms with E-state index in [9.17, 15) is 14.7 Å². The minimum absolute atomic E-state index is 0.142. The van der Waals surface area contributed by atoms with Gasteiger partial charge in [-0.15, -0.1) is 0 Å². The Hall–Kier alpha value is -3.42. The summed E-state index contributed by atoms with van der Waals surface area (Å²) in [6.07, 6.45) is 18.9. The smallest absolute Gasteiger partial charge is 0.333 e. The van der Waals surface area contributed by atoms with Crippen LogP contribution in [0, 0.1) is 0 Å². The third-order valence-corrected chi connectivity index (χ3v) is 7.09. The zero-order chi connectivity index (χ0) is 30.1. The highest BCUT2D eigenvalue weighted by atomic mass is 16.5. The molecule has 0 bridgehead atoms. The number of nitrogens with one attached hydrogen (secondary N) is 3. The predicted molar refractivity (Wildman–Crippen MR) is 169 cm³/mol. The highest BCUT2D eigenvalue weighted by Gasteiger charge is 2.04. The predicted octanol–water partition coefficient (Wildman–Crippen LogP) is 8.55. The Bertz CT molecular complexity index is 966. The summed E-state index contributed by atoms with van der Waals surface area (Å²) in [5, 5.41) is 12.1. The first-order valence-electron chi connectivity index (χ1n) is 16.1. The number of amides is 3. The van der Waals surface area contributed by atoms with Gasteiger partial charge in [-0.1, -0.05) is 90.4 Å². The van der Waals surface area contributed by atoms with Gasteiger partial charge in [-0.25, -0.2) is 10.2 Å². The number of urea groups is 1. The van der Waals surface area contributed by atoms with Crippen molar-refractivity contribution in [3.05, 3.63) is 48.5 Å². The van der Waals surface area contributed by atoms with Crippen molar-refractivity contribution in [3.63, 3.8) is 0 Å². The van der Waals surface area contributed by atoms with Gasteiger partial charge in [0.2, 0.25) is 5.91 Å². The summed E-state index contributed by atoms with van der Waals surface area (Å²) in [6, 6.07) is 13.8. The molecule has 0 aliphatic rings. The van der Waals surface area contributed by atoms with Crippen molar-refractivity contribution in [2.45, 2.75) is 116 Å². The Kier molecular flexibility index (Phi) is 19.2. The molecule has 42 heavy (non-hydrogen) atoms. The quantitative estimate of drug-likeness (QED) is 0.0774. The second-order valence-corrected chi connectivity index (χ2v) is 10.9. The van der Waals surface area contributed by atoms with Crippen LogP contribution >= 0.6 is 0 Å². The summed E-state index contributed by atoms with van der Waals surface area (Å²) < 4.78 is 11.6. The Balaban J connectivity index is 1.34. The fourth-order valence-corrected chi connectivity index (χ4v) is 4.59. The van der Waals surface area contributed by atoms with E-state index in [1.165, 1.54) is 57.8 Å². The molecule has 8 heteroatoms. The lowest BCUT2D eigenvalue weighted by atomic mass is 10.1. The molecule has 0 aliphatic heterocycles. The minimum Gasteiger partial charge on any atom is -0.508 e. The van der Waals surface area contributed by atoms with Crippen LogP contribution in [0.5, 0.6) is 23.0 Å². The van der Waals surface area contributed by atoms with E-state index < -0.39 is 0 Å². The monoisotopic (exact) mass is 583 g/mol. The van der Waals surface area contributed by atoms with E-state index in [0.717, 1.165) is 56.4 Å². The fraction of sp³-hybridized carbons (Fsp3) is 0.588. The first-order chi connectivity index (χ1) is 20.6. The zero-order valence-corrected chi connectivity index (χ0v) is 25.6. The maximum Gasteiger partial charge on any atom is 0.333 e. The third kappa shape index (κ3) is 18.1. The van der Waals surface area contributed by atoms with E-state index >= 15 is 0 Å². The molecule has 2 rings (SSSR count). The van der Waals surface area contributed by atoms with Gasteiger partial charge in [0.05, 0.1) is 6.61 Å². The number of hydrazine groups is 1. The summed E-state index contributed by atoms with van der Waals surface area (Å²) in [5.41, 5.74) is 4.94. The molecule has 0 heterocycles. The first kappa shape index (κ1) is 34.8. The van der Waals surface area contributed by atoms with Crippen molar-refractivity contribution in [2.75, 3.05) is 13.2 Å². The molecule has 3 amide bonds. The molecule has 234 valence electrons. The standard InChI is InChI=1S/C34H53N3O5/c1-2-3-4-5-6-10-13-16-27-35-34(40)37-36-33(39)18-15-12-9-7-8-11-14-17-28-41-30-23-25-32(26-24-30)42-31-21-19-29(38)20-22-31/h19-26,38H,2-18,27-28H2,1H3,(H,36,39)(H2,35,37,40). The van der Waals surface area contributed by atoms with Gasteiger partial charge < -0.3 is 19.9 Å². The van der Waals surface area contributed by atoms with Crippen molar-refractivity contribution in [1.82, 2.24) is 16.2 Å². The Morgan fingerprint density at radius 1 is 0.619 bits per heavy atom. The first-order valence-corrected chi connectivity index (χ1v) is 16.1. The fourth-order valence-electron chi connectivity index (χ4n) is 4.59. The lowest BCUT2D eigenvalue weighted by molar-refractivity contribution is -0.121. The molecule has 8 nitrogen and oxygen atoms in total. The molecule has 0 radical (unpaired) electrons. The van der Waals surface area contributed by atoms with Gasteiger partial charge in [0.15, 0.2) is 0 Å². The van der Waals surface area contributed by atoms with Crippen LogP contribution in [0.15, 0.2) is 48.5 Å². The molecule has 0 spiro atoms. The van der Waals surface area contributed by atoms with Crippen molar-refractivity contribution < 1.29 is 24.2 Å². The highest BCUT2D eigenvalue weighted by molar-refractivity contribution is 5.80. The van der Waals surface area contributed by atoms with E-state index in [2.05, 4.69) is 23.1 Å². The normalized spacial score (nSPS) is 10.7. The summed E-state index contributed by atoms with van der Waals surface area (Å²) in [5.74, 6) is 2.29. The number of benzene rings is 2. The number of rotatable bonds is 23. The van der Waals surface area contributed by atoms with Crippen LogP contribution in [0.3, 0.4) is 0 Å². The van der Waals surface area contributed by atoms with Crippen LogP contribution in [-0.2, 0) is 4.79 Å². The van der Waals surface area contributed by atoms with E-state index in [1.54, 1.807) is 24.3 Å². The van der Waals surface area contributed by atoms with Gasteiger partial charge in [-0.05, 0) is 67.8 Å². The summed E-state index contributed by atoms with van der Waals surface area (Å²) in [4.78, 5) is 23.7. The molecule has 2 aromatic rings. The zero-order valence-electron chi connectivity index (χ0n) is 25.6. The summed E-state index contributed by atoms with van der Waals surface area (Å²) >= 11 is 0. The number of hydrogen-bond donors (Lipinski definition) is 4. The highest BCUT2D eigenvalue weighted by Crippen LogP contribution is 2.25. The Labute approximate surface area is 252 Å². The summed E-state index contributed by atoms with van der Waals surface area (Å²) in [7, 11) is 0. The van der Waals surface area contributed by atoms with Crippen molar-refractivity contribution >= 4 is 11.9 Å². The van der Waals surface area contributed by atoms with Gasteiger partial charge in [-0.3, -0.25) is 10.2 Å². The van der Waals surface area contributed by atoms with Crippen LogP contribution in [-0.4, -0.2) is 30.2 Å². The lowest BCUT2D eigenvalue weighted by Gasteiger charge is -2.09. The van der Waals surface area contributed by atoms with Crippen LogP contribution in [0.2, 0.25) is 0 Å². The average molecular weight is 584 g/mol. The maximum atomic E-state index is 11.9. The van der Waals surface area contributed by atoms with Crippen LogP contribution in [0.25, 0.3) is 0 Å². The second-order valence-electron chi connectivity index (χ2n) is 10.9. The van der Waals surface area contributed by atoms with Crippen LogP contribution < -0.4 is 25.6 Å². The number of carbonyl (C=O) groups excluding carboxylic acids is 2. The van der Waals surface area contributed by atoms with Crippen LogP contribution in [0.4, 0.5) is 4.79 Å². The number of phenolic OH excluding ortho intramolecular Hbond substituents is 1. The average Bonchev–Trinajstić information content (AvgIpc) is 3.00. The lowest BCUT2D eigenvalue weighted by Crippen LogP contribution is -2.47. The molecule has 0 aliphatic carbocycles. The van der Waals surface area contributed by atoms with Gasteiger partial charge in [0.1, 0.15) is 23.0 Å². The molecule has 2 aromatic carbocycles. The number of aromatic hydroxyl groups is 1. The second kappa shape index (κ2) is 23.2. The van der Waals surface area contributed by atoms with Gasteiger partial charge in [0, 0.05) is 13.0 Å². The maximum absolute atomic E-state index is 11.9. The molecular weight excluding hydrogens is 530 g/mol. The summed E-state index contributed by atoms with van der Waals surface area (Å²) in [6.45, 7) is 3.56. The van der Waals surface area contributed by atoms with Gasteiger partial charge >= 0.3 is 6.03 Å². The minimum atomic E-state index is -0.342. The molecule has 0 unspecified atom stereocenters. The van der Waals surface area contributed by atoms with Gasteiger partial charge in [0.25, 0.3) is 0 Å². The number of carbonyl (C=O) groups is 2. The molecule has 0 atom stereocenters. The van der Waals surface area contributed by atoms with Crippen molar-refractivity contribution in [2.24, 2.45) is 0 Å². The van der Waals surface area contributed by atoms with Crippen molar-refractivity contribution in [3.8, 4) is 23.0 Å². The molecule has 0 fully saturated rings. The Morgan fingerprint density at radius 2 is 1.12 bits per heavy atom. The van der Waals surface area contributed by atoms with Crippen molar-refractivity contribution in [1.29, 1.82) is 0 Å². The van der Waals surface area contributed by atoms with E-state index in [4.69, 9.17) is 9.47 Å². The molecule has 0 saturated heterocycles. The Morgan fingerprint density at radius 3 is 1.74 bits per heavy atom. The number of unbranched alkanes of at least 4 members (excludes halogenated alkanes) is 14. The van der Waals surface area contributed by atoms with E-state index in [1.807, 2.05) is 24.3 Å². The number of ether oxygens (including phenoxy) is 2. The van der Waals surface area contributed by atoms with E-state index in [-0.39, 0.29) is 17.7 Å². The number of phenols is 1. The largest absolute Gasteiger partial charge is 0.508 e. The topological polar surface area (TPSA) is 109 Å². The molecule has 0 aromatic heterocycles. The molecule has 4 N–H and O–H groups in total. The van der Waals surface area contributed by atoms with Crippen LogP contribution in [0.1, 0.15) is 116 Å². The van der Waals surface area contributed by atoms with E-state index in [0.29, 0.717) is 25.3 Å². The number of hydrogen-bond acceptors (Lipinski definition) is 5. The molecular formula is C34H53N3O5. The molecule has 0 saturated carbocycles. The van der Waals surface area contributed by atoms with Gasteiger partial charge in [-0.2, -0.15) is 0 Å². The SMILES string of the molecule is CCCCCCCCCCNC(=O)NNC(=O)CCCCCCCCCCOc1ccc(Oc2ccc(O)cc2)cc1. The third-order valence-electron chi connectivity index (χ3n) is 7.09.